The highest BCUT2D eigenvalue weighted by Crippen LogP contribution is 2.25. The van der Waals surface area contributed by atoms with Gasteiger partial charge < -0.3 is 19.7 Å². The fraction of sp³-hybridized carbons (Fsp3) is 0.321. The number of aryl methyl sites for hydroxylation is 2. The lowest BCUT2D eigenvalue weighted by molar-refractivity contribution is -0.111. The van der Waals surface area contributed by atoms with E-state index in [9.17, 15) is 9.59 Å². The smallest absolute Gasteiger partial charge is 0.274 e. The van der Waals surface area contributed by atoms with Gasteiger partial charge in [0, 0.05) is 31.8 Å². The Labute approximate surface area is 211 Å². The van der Waals surface area contributed by atoms with Crippen molar-refractivity contribution in [2.75, 3.05) is 25.5 Å². The molecule has 3 aromatic rings. The molecule has 1 saturated heterocycles. The Morgan fingerprint density at radius 1 is 1.08 bits per heavy atom. The molecule has 2 heterocycles. The van der Waals surface area contributed by atoms with Gasteiger partial charge in [0.25, 0.3) is 5.91 Å². The number of likely N-dealkylation sites (tertiary alicyclic amines) is 1. The first-order valence-electron chi connectivity index (χ1n) is 12.1. The number of aromatic nitrogens is 2. The fourth-order valence-corrected chi connectivity index (χ4v) is 4.26. The number of anilines is 1. The number of para-hydroxylation sites is 1. The number of methoxy groups -OCH3 is 1. The summed E-state index contributed by atoms with van der Waals surface area (Å²) >= 11 is 0. The van der Waals surface area contributed by atoms with Crippen LogP contribution in [0.3, 0.4) is 0 Å². The molecule has 1 fully saturated rings. The van der Waals surface area contributed by atoms with Gasteiger partial charge in [-0.25, -0.2) is 0 Å². The molecule has 1 aromatic heterocycles. The summed E-state index contributed by atoms with van der Waals surface area (Å²) in [4.78, 5) is 27.5. The van der Waals surface area contributed by atoms with Gasteiger partial charge in [-0.05, 0) is 61.6 Å². The van der Waals surface area contributed by atoms with Crippen LogP contribution in [0.4, 0.5) is 5.69 Å². The first kappa shape index (κ1) is 25.0. The predicted octanol–water partition coefficient (Wildman–Crippen LogP) is 4.59. The van der Waals surface area contributed by atoms with Gasteiger partial charge >= 0.3 is 0 Å². The highest BCUT2D eigenvalue weighted by molar-refractivity contribution is 6.06. The first-order chi connectivity index (χ1) is 17.5. The van der Waals surface area contributed by atoms with E-state index in [-0.39, 0.29) is 11.8 Å². The number of benzene rings is 2. The van der Waals surface area contributed by atoms with Crippen LogP contribution in [-0.2, 0) is 18.4 Å². The van der Waals surface area contributed by atoms with Crippen LogP contribution in [0, 0.1) is 6.92 Å². The van der Waals surface area contributed by atoms with Crippen molar-refractivity contribution in [3.8, 4) is 11.5 Å². The maximum atomic E-state index is 13.0. The Balaban J connectivity index is 1.44. The summed E-state index contributed by atoms with van der Waals surface area (Å²) in [6, 6.07) is 13.5. The number of hydrogen-bond donors (Lipinski definition) is 1. The zero-order chi connectivity index (χ0) is 25.5. The first-order valence-corrected chi connectivity index (χ1v) is 12.1. The standard InChI is InChI=1S/C28H32N4O4/c1-20-9-5-6-10-24(20)36-19-22-17-21(11-13-25(22)35-3)12-14-26(33)30-23-18-29-31(2)27(23)28(34)32-15-7-4-8-16-32/h5-6,9-14,17-18H,4,7-8,15-16,19H2,1-3H3,(H,30,33)/b14-12+. The normalized spacial score (nSPS) is 13.6. The minimum Gasteiger partial charge on any atom is -0.496 e. The molecule has 36 heavy (non-hydrogen) atoms. The summed E-state index contributed by atoms with van der Waals surface area (Å²) in [5.74, 6) is 1.07. The predicted molar refractivity (Wildman–Crippen MR) is 139 cm³/mol. The fourth-order valence-electron chi connectivity index (χ4n) is 4.26. The van der Waals surface area contributed by atoms with E-state index in [0.29, 0.717) is 23.7 Å². The average Bonchev–Trinajstić information content (AvgIpc) is 3.26. The van der Waals surface area contributed by atoms with Gasteiger partial charge in [-0.3, -0.25) is 14.3 Å². The maximum Gasteiger partial charge on any atom is 0.274 e. The van der Waals surface area contributed by atoms with Crippen LogP contribution in [0.2, 0.25) is 0 Å². The Bertz CT molecular complexity index is 1260. The number of carbonyl (C=O) groups excluding carboxylic acids is 2. The summed E-state index contributed by atoms with van der Waals surface area (Å²) in [7, 11) is 3.33. The van der Waals surface area contributed by atoms with Crippen molar-refractivity contribution in [1.29, 1.82) is 0 Å². The minimum absolute atomic E-state index is 0.109. The van der Waals surface area contributed by atoms with Crippen LogP contribution in [0.15, 0.2) is 54.7 Å². The van der Waals surface area contributed by atoms with Gasteiger partial charge in [-0.2, -0.15) is 5.10 Å². The molecular formula is C28H32N4O4. The number of piperidine rings is 1. The lowest BCUT2D eigenvalue weighted by atomic mass is 10.1. The number of nitrogens with one attached hydrogen (secondary N) is 1. The zero-order valence-corrected chi connectivity index (χ0v) is 21.0. The Kier molecular flexibility index (Phi) is 8.05. The van der Waals surface area contributed by atoms with Crippen LogP contribution in [0.5, 0.6) is 11.5 Å². The van der Waals surface area contributed by atoms with E-state index in [1.165, 1.54) is 17.0 Å². The number of nitrogens with zero attached hydrogens (tertiary/aromatic N) is 3. The van der Waals surface area contributed by atoms with Crippen LogP contribution in [0.1, 0.15) is 46.4 Å². The van der Waals surface area contributed by atoms with Crippen LogP contribution < -0.4 is 14.8 Å². The molecule has 0 unspecified atom stereocenters. The van der Waals surface area contributed by atoms with Crippen LogP contribution in [-0.4, -0.2) is 46.7 Å². The van der Waals surface area contributed by atoms with Crippen molar-refractivity contribution in [2.45, 2.75) is 32.8 Å². The summed E-state index contributed by atoms with van der Waals surface area (Å²) in [6.07, 6.45) is 7.79. The molecule has 8 nitrogen and oxygen atoms in total. The van der Waals surface area contributed by atoms with Gasteiger partial charge in [0.1, 0.15) is 23.8 Å². The SMILES string of the molecule is COc1ccc(/C=C/C(=O)Nc2cnn(C)c2C(=O)N2CCCCC2)cc1COc1ccccc1C. The van der Waals surface area contributed by atoms with Gasteiger partial charge in [0.05, 0.1) is 19.0 Å². The number of rotatable bonds is 8. The molecule has 2 aromatic carbocycles. The molecule has 1 aliphatic heterocycles. The molecule has 0 bridgehead atoms. The molecule has 0 atom stereocenters. The molecule has 2 amide bonds. The third kappa shape index (κ3) is 5.94. The van der Waals surface area contributed by atoms with Gasteiger partial charge in [-0.1, -0.05) is 24.3 Å². The highest BCUT2D eigenvalue weighted by atomic mass is 16.5. The maximum absolute atomic E-state index is 13.0. The van der Waals surface area contributed by atoms with E-state index in [0.717, 1.165) is 54.8 Å². The van der Waals surface area contributed by atoms with E-state index in [4.69, 9.17) is 9.47 Å². The third-order valence-corrected chi connectivity index (χ3v) is 6.25. The molecule has 1 aliphatic rings. The summed E-state index contributed by atoms with van der Waals surface area (Å²) in [6.45, 7) is 3.78. The molecule has 188 valence electrons. The average molecular weight is 489 g/mol. The van der Waals surface area contributed by atoms with Gasteiger partial charge in [0.15, 0.2) is 0 Å². The lowest BCUT2D eigenvalue weighted by Crippen LogP contribution is -2.37. The Morgan fingerprint density at radius 3 is 2.61 bits per heavy atom. The van der Waals surface area contributed by atoms with E-state index in [1.807, 2.05) is 54.3 Å². The third-order valence-electron chi connectivity index (χ3n) is 6.25. The van der Waals surface area contributed by atoms with Crippen molar-refractivity contribution in [3.63, 3.8) is 0 Å². The van der Waals surface area contributed by atoms with Crippen molar-refractivity contribution in [3.05, 3.63) is 77.1 Å². The summed E-state index contributed by atoms with van der Waals surface area (Å²) in [5, 5.41) is 6.99. The van der Waals surface area contributed by atoms with Crippen molar-refractivity contribution >= 4 is 23.6 Å². The number of hydrogen-bond acceptors (Lipinski definition) is 5. The molecule has 0 spiro atoms. The van der Waals surface area contributed by atoms with Crippen molar-refractivity contribution < 1.29 is 19.1 Å². The van der Waals surface area contributed by atoms with E-state index in [1.54, 1.807) is 20.2 Å². The summed E-state index contributed by atoms with van der Waals surface area (Å²) in [5.41, 5.74) is 3.54. The summed E-state index contributed by atoms with van der Waals surface area (Å²) < 4.78 is 13.0. The largest absolute Gasteiger partial charge is 0.496 e. The topological polar surface area (TPSA) is 85.7 Å². The zero-order valence-electron chi connectivity index (χ0n) is 21.0. The van der Waals surface area contributed by atoms with Crippen LogP contribution in [0.25, 0.3) is 6.08 Å². The molecule has 0 aliphatic carbocycles. The second kappa shape index (κ2) is 11.6. The monoisotopic (exact) mass is 488 g/mol. The molecular weight excluding hydrogens is 456 g/mol. The Hall–Kier alpha value is -4.07. The van der Waals surface area contributed by atoms with Gasteiger partial charge in [0.2, 0.25) is 5.91 Å². The second-order valence-electron chi connectivity index (χ2n) is 8.83. The molecule has 0 radical (unpaired) electrons. The van der Waals surface area contributed by atoms with E-state index < -0.39 is 0 Å². The number of carbonyl (C=O) groups is 2. The molecule has 1 N–H and O–H groups in total. The minimum atomic E-state index is -0.343. The number of amides is 2. The molecule has 4 rings (SSSR count). The second-order valence-corrected chi connectivity index (χ2v) is 8.83. The lowest BCUT2D eigenvalue weighted by Gasteiger charge is -2.26. The Morgan fingerprint density at radius 2 is 1.86 bits per heavy atom. The molecule has 0 saturated carbocycles. The van der Waals surface area contributed by atoms with Crippen molar-refractivity contribution in [1.82, 2.24) is 14.7 Å². The van der Waals surface area contributed by atoms with Crippen LogP contribution >= 0.6 is 0 Å². The number of ether oxygens (including phenoxy) is 2. The van der Waals surface area contributed by atoms with Crippen molar-refractivity contribution in [2.24, 2.45) is 7.05 Å². The van der Waals surface area contributed by atoms with E-state index >= 15 is 0 Å². The quantitative estimate of drug-likeness (QED) is 0.469. The van der Waals surface area contributed by atoms with Gasteiger partial charge in [-0.15, -0.1) is 0 Å². The molecule has 8 heteroatoms. The highest BCUT2D eigenvalue weighted by Gasteiger charge is 2.24. The van der Waals surface area contributed by atoms with E-state index in [2.05, 4.69) is 10.4 Å².